The molecule has 0 aliphatic rings. The number of fused-ring (bicyclic) bond motifs is 4. The van der Waals surface area contributed by atoms with Gasteiger partial charge in [-0.15, -0.1) is 0 Å². The maximum atomic E-state index is 5.80. The molecule has 4 rings (SSSR count). The number of hydrogen-bond acceptors (Lipinski definition) is 2. The summed E-state index contributed by atoms with van der Waals surface area (Å²) in [4.78, 5) is 1.16. The van der Waals surface area contributed by atoms with Crippen molar-refractivity contribution < 1.29 is 0 Å². The van der Waals surface area contributed by atoms with E-state index >= 15 is 0 Å². The number of thiophene rings is 2. The van der Waals surface area contributed by atoms with Crippen LogP contribution >= 0.6 is 22.7 Å². The summed E-state index contributed by atoms with van der Waals surface area (Å²) >= 11 is 3.59. The molecule has 93 valence electrons. The minimum absolute atomic E-state index is 1.12. The van der Waals surface area contributed by atoms with Crippen LogP contribution in [0.4, 0.5) is 0 Å². The first kappa shape index (κ1) is 12.1. The van der Waals surface area contributed by atoms with E-state index in [-0.39, 0.29) is 0 Å². The van der Waals surface area contributed by atoms with Gasteiger partial charge < -0.3 is 0 Å². The molecule has 20 heavy (non-hydrogen) atoms. The fourth-order valence-corrected chi connectivity index (χ4v) is 5.24. The van der Waals surface area contributed by atoms with Crippen LogP contribution < -0.4 is 0 Å². The molecule has 0 N–H and O–H groups in total. The summed E-state index contributed by atoms with van der Waals surface area (Å²) in [5.41, 5.74) is 1.12. The van der Waals surface area contributed by atoms with Crippen LogP contribution in [0.3, 0.4) is 0 Å². The van der Waals surface area contributed by atoms with E-state index in [1.54, 1.807) is 17.3 Å². The molecule has 0 saturated heterocycles. The third kappa shape index (κ3) is 1.57. The fourth-order valence-electron chi connectivity index (χ4n) is 2.62. The molecule has 0 unspecified atom stereocenters. The summed E-state index contributed by atoms with van der Waals surface area (Å²) in [7, 11) is 5.80. The average Bonchev–Trinajstić information content (AvgIpc) is 2.99. The molecule has 0 spiro atoms. The summed E-state index contributed by atoms with van der Waals surface area (Å²) in [6.07, 6.45) is 1.89. The first-order valence-corrected chi connectivity index (χ1v) is 8.00. The predicted octanol–water partition coefficient (Wildman–Crippen LogP) is 5.23. The molecule has 1 radical (unpaired) electrons. The Bertz CT molecular complexity index is 988. The van der Waals surface area contributed by atoms with Crippen molar-refractivity contribution in [2.24, 2.45) is 0 Å². The molecule has 2 aromatic heterocycles. The van der Waals surface area contributed by atoms with Gasteiger partial charge in [-0.05, 0) is 0 Å². The zero-order valence-corrected chi connectivity index (χ0v) is 12.4. The first-order valence-electron chi connectivity index (χ1n) is 6.37. The summed E-state index contributed by atoms with van der Waals surface area (Å²) in [5, 5.41) is 3.90. The van der Waals surface area contributed by atoms with E-state index in [9.17, 15) is 0 Å². The molecule has 0 nitrogen and oxygen atoms in total. The van der Waals surface area contributed by atoms with Crippen molar-refractivity contribution in [2.75, 3.05) is 0 Å². The van der Waals surface area contributed by atoms with Gasteiger partial charge in [-0.3, -0.25) is 0 Å². The minimum atomic E-state index is 1.12. The summed E-state index contributed by atoms with van der Waals surface area (Å²) in [5.74, 6) is 1.70. The zero-order valence-electron chi connectivity index (χ0n) is 10.7. The quantitative estimate of drug-likeness (QED) is 0.443. The first-order chi connectivity index (χ1) is 9.81. The monoisotopic (exact) mass is 289 g/mol. The van der Waals surface area contributed by atoms with Gasteiger partial charge in [0.05, 0.1) is 0 Å². The molecule has 0 aliphatic carbocycles. The Balaban J connectivity index is 2.21. The van der Waals surface area contributed by atoms with Gasteiger partial charge >= 0.3 is 126 Å². The second kappa shape index (κ2) is 4.40. The molecule has 0 atom stereocenters. The number of hydrogen-bond donors (Lipinski definition) is 0. The summed E-state index contributed by atoms with van der Waals surface area (Å²) < 4.78 is 3.92. The SMILES string of the molecule is [B]=Cc1c(C=C)sc2c1sc1cc3ccccc3cc12. The van der Waals surface area contributed by atoms with Crippen molar-refractivity contribution in [3.8, 4) is 0 Å². The van der Waals surface area contributed by atoms with Crippen molar-refractivity contribution in [2.45, 2.75) is 0 Å². The standard InChI is InChI=1S/C17H10BS2/c1-2-14-13(9-18)17-16(19-14)12-7-10-5-3-4-6-11(10)8-15(12)20-17/h2-9H,1H2. The van der Waals surface area contributed by atoms with Crippen molar-refractivity contribution in [1.29, 1.82) is 0 Å². The van der Waals surface area contributed by atoms with Crippen molar-refractivity contribution in [3.05, 3.63) is 53.4 Å². The third-order valence-electron chi connectivity index (χ3n) is 3.58. The van der Waals surface area contributed by atoms with Gasteiger partial charge in [-0.2, -0.15) is 0 Å². The van der Waals surface area contributed by atoms with Crippen LogP contribution in [-0.2, 0) is 0 Å². The fraction of sp³-hybridized carbons (Fsp3) is 0. The van der Waals surface area contributed by atoms with E-state index in [1.807, 2.05) is 17.4 Å². The van der Waals surface area contributed by atoms with Gasteiger partial charge in [0.25, 0.3) is 0 Å². The van der Waals surface area contributed by atoms with Crippen LogP contribution in [0.2, 0.25) is 0 Å². The second-order valence-electron chi connectivity index (χ2n) is 4.71. The van der Waals surface area contributed by atoms with Crippen LogP contribution in [0.25, 0.3) is 36.3 Å². The normalized spacial score (nSPS) is 11.3. The molecule has 2 aromatic carbocycles. The molecule has 4 aromatic rings. The third-order valence-corrected chi connectivity index (χ3v) is 6.13. The van der Waals surface area contributed by atoms with Gasteiger partial charge in [-0.1, -0.05) is 0 Å². The molecule has 0 bridgehead atoms. The van der Waals surface area contributed by atoms with E-state index in [1.165, 1.54) is 30.3 Å². The molecule has 0 aliphatic heterocycles. The van der Waals surface area contributed by atoms with Gasteiger partial charge in [0.2, 0.25) is 0 Å². The van der Waals surface area contributed by atoms with Crippen LogP contribution in [0, 0.1) is 0 Å². The summed E-state index contributed by atoms with van der Waals surface area (Å²) in [6.45, 7) is 3.88. The molecular weight excluding hydrogens is 279 g/mol. The van der Waals surface area contributed by atoms with Crippen LogP contribution in [-0.4, -0.2) is 13.5 Å². The number of rotatable bonds is 2. The molecule has 0 amide bonds. The van der Waals surface area contributed by atoms with Gasteiger partial charge in [-0.25, -0.2) is 0 Å². The van der Waals surface area contributed by atoms with E-state index in [0.717, 1.165) is 10.4 Å². The molecule has 3 heteroatoms. The topological polar surface area (TPSA) is 0 Å². The predicted molar refractivity (Wildman–Crippen MR) is 95.7 cm³/mol. The van der Waals surface area contributed by atoms with Crippen molar-refractivity contribution in [3.63, 3.8) is 0 Å². The molecule has 2 heterocycles. The maximum absolute atomic E-state index is 5.80. The van der Waals surface area contributed by atoms with Crippen LogP contribution in [0.15, 0.2) is 43.0 Å². The van der Waals surface area contributed by atoms with E-state index in [4.69, 9.17) is 7.49 Å². The van der Waals surface area contributed by atoms with Crippen molar-refractivity contribution >= 4 is 72.5 Å². The van der Waals surface area contributed by atoms with Crippen molar-refractivity contribution in [1.82, 2.24) is 0 Å². The summed E-state index contributed by atoms with van der Waals surface area (Å²) in [6, 6.07) is 13.0. The average molecular weight is 289 g/mol. The second-order valence-corrected chi connectivity index (χ2v) is 6.81. The number of benzene rings is 2. The van der Waals surface area contributed by atoms with Gasteiger partial charge in [0, 0.05) is 0 Å². The Morgan fingerprint density at radius 1 is 1.00 bits per heavy atom. The van der Waals surface area contributed by atoms with E-state index in [2.05, 4.69) is 43.0 Å². The Kier molecular flexibility index (Phi) is 2.66. The van der Waals surface area contributed by atoms with E-state index in [0.29, 0.717) is 0 Å². The van der Waals surface area contributed by atoms with E-state index < -0.39 is 0 Å². The molecule has 0 saturated carbocycles. The molecule has 0 fully saturated rings. The van der Waals surface area contributed by atoms with Gasteiger partial charge in [0.15, 0.2) is 0 Å². The Morgan fingerprint density at radius 3 is 2.45 bits per heavy atom. The Morgan fingerprint density at radius 2 is 1.75 bits per heavy atom. The van der Waals surface area contributed by atoms with Crippen LogP contribution in [0.1, 0.15) is 10.4 Å². The molecular formula is C17H10BS2. The Labute approximate surface area is 126 Å². The van der Waals surface area contributed by atoms with Crippen LogP contribution in [0.5, 0.6) is 0 Å². The van der Waals surface area contributed by atoms with Gasteiger partial charge in [0.1, 0.15) is 0 Å². The Hall–Kier alpha value is -1.71. The zero-order chi connectivity index (χ0) is 13.7.